The van der Waals surface area contributed by atoms with E-state index >= 15 is 0 Å². The second-order valence-electron chi connectivity index (χ2n) is 3.96. The fourth-order valence-electron chi connectivity index (χ4n) is 1.67. The largest absolute Gasteiger partial charge is 0.330 e. The van der Waals surface area contributed by atoms with Crippen molar-refractivity contribution in [1.29, 1.82) is 0 Å². The van der Waals surface area contributed by atoms with Crippen LogP contribution in [0.3, 0.4) is 0 Å². The molecule has 2 rings (SSSR count). The highest BCUT2D eigenvalue weighted by atomic mass is 35.5. The number of aromatic nitrogens is 1. The van der Waals surface area contributed by atoms with Crippen LogP contribution in [0.5, 0.6) is 0 Å². The number of nitrogens with two attached hydrogens (primary N) is 1. The molecule has 2 aromatic rings. The monoisotopic (exact) mass is 266 g/mol. The van der Waals surface area contributed by atoms with E-state index in [1.807, 2.05) is 12.1 Å². The normalized spacial score (nSPS) is 10.8. The average Bonchev–Trinajstić information content (AvgIpc) is 2.63. The molecule has 0 spiro atoms. The molecule has 90 valence electrons. The summed E-state index contributed by atoms with van der Waals surface area (Å²) in [7, 11) is 0. The Kier molecular flexibility index (Phi) is 4.15. The molecule has 0 saturated carbocycles. The molecule has 1 aromatic carbocycles. The van der Waals surface area contributed by atoms with E-state index in [9.17, 15) is 0 Å². The van der Waals surface area contributed by atoms with Gasteiger partial charge >= 0.3 is 0 Å². The molecule has 17 heavy (non-hydrogen) atoms. The lowest BCUT2D eigenvalue weighted by atomic mass is 10.1. The number of benzene rings is 1. The summed E-state index contributed by atoms with van der Waals surface area (Å²) in [5.74, 6) is 0. The van der Waals surface area contributed by atoms with E-state index in [0.717, 1.165) is 28.6 Å². The second kappa shape index (κ2) is 5.63. The lowest BCUT2D eigenvalue weighted by Gasteiger charge is -1.99. The van der Waals surface area contributed by atoms with E-state index in [-0.39, 0.29) is 0 Å². The van der Waals surface area contributed by atoms with E-state index in [0.29, 0.717) is 6.54 Å². The topological polar surface area (TPSA) is 38.9 Å². The zero-order valence-electron chi connectivity index (χ0n) is 9.74. The fourth-order valence-corrected chi connectivity index (χ4v) is 2.92. The van der Waals surface area contributed by atoms with Gasteiger partial charge in [0.1, 0.15) is 0 Å². The maximum atomic E-state index is 5.87. The number of rotatable bonds is 4. The summed E-state index contributed by atoms with van der Waals surface area (Å²) in [6.45, 7) is 2.72. The molecular formula is C13H15ClN2S. The van der Waals surface area contributed by atoms with E-state index in [1.165, 1.54) is 10.4 Å². The molecule has 0 radical (unpaired) electrons. The van der Waals surface area contributed by atoms with Crippen LogP contribution in [-0.4, -0.2) is 11.5 Å². The Morgan fingerprint density at radius 3 is 2.65 bits per heavy atom. The van der Waals surface area contributed by atoms with E-state index in [1.54, 1.807) is 11.3 Å². The zero-order chi connectivity index (χ0) is 12.3. The molecule has 0 aliphatic heterocycles. The van der Waals surface area contributed by atoms with Gasteiger partial charge in [-0.05, 0) is 31.2 Å². The molecule has 2 nitrogen and oxygen atoms in total. The Hall–Kier alpha value is -0.900. The van der Waals surface area contributed by atoms with Crippen molar-refractivity contribution in [3.05, 3.63) is 50.4 Å². The van der Waals surface area contributed by atoms with Crippen LogP contribution in [-0.2, 0) is 12.8 Å². The average molecular weight is 267 g/mol. The van der Waals surface area contributed by atoms with Gasteiger partial charge in [0.25, 0.3) is 0 Å². The van der Waals surface area contributed by atoms with Crippen molar-refractivity contribution in [3.8, 4) is 0 Å². The first-order chi connectivity index (χ1) is 8.19. The number of hydrogen-bond donors (Lipinski definition) is 1. The summed E-state index contributed by atoms with van der Waals surface area (Å²) in [6, 6.07) is 7.97. The van der Waals surface area contributed by atoms with Gasteiger partial charge in [0.05, 0.1) is 10.7 Å². The van der Waals surface area contributed by atoms with Crippen molar-refractivity contribution in [2.45, 2.75) is 19.8 Å². The number of nitrogens with zero attached hydrogens (tertiary/aromatic N) is 1. The number of aryl methyl sites for hydroxylation is 1. The molecule has 1 aromatic heterocycles. The second-order valence-corrected chi connectivity index (χ2v) is 5.56. The van der Waals surface area contributed by atoms with Crippen molar-refractivity contribution in [1.82, 2.24) is 4.98 Å². The maximum absolute atomic E-state index is 5.87. The van der Waals surface area contributed by atoms with E-state index < -0.39 is 0 Å². The fraction of sp³-hybridized carbons (Fsp3) is 0.308. The third-order valence-corrected chi connectivity index (χ3v) is 4.04. The summed E-state index contributed by atoms with van der Waals surface area (Å²) in [5.41, 5.74) is 7.92. The minimum atomic E-state index is 0.660. The van der Waals surface area contributed by atoms with Crippen molar-refractivity contribution in [3.63, 3.8) is 0 Å². The third-order valence-electron chi connectivity index (χ3n) is 2.57. The molecule has 0 fully saturated rings. The lowest BCUT2D eigenvalue weighted by Crippen LogP contribution is -2.01. The van der Waals surface area contributed by atoms with Crippen LogP contribution in [0.25, 0.3) is 0 Å². The predicted octanol–water partition coefficient (Wildman–Crippen LogP) is 3.20. The summed E-state index contributed by atoms with van der Waals surface area (Å²) < 4.78 is 0. The molecule has 0 aliphatic carbocycles. The first-order valence-electron chi connectivity index (χ1n) is 5.58. The molecule has 0 aliphatic rings. The summed E-state index contributed by atoms with van der Waals surface area (Å²) >= 11 is 7.63. The highest BCUT2D eigenvalue weighted by molar-refractivity contribution is 7.11. The van der Waals surface area contributed by atoms with Gasteiger partial charge in [-0.2, -0.15) is 0 Å². The molecule has 1 heterocycles. The van der Waals surface area contributed by atoms with Crippen LogP contribution in [0.2, 0.25) is 5.02 Å². The Bertz CT molecular complexity index is 491. The highest BCUT2D eigenvalue weighted by Gasteiger charge is 2.07. The molecule has 4 heteroatoms. The quantitative estimate of drug-likeness (QED) is 0.923. The Morgan fingerprint density at radius 1 is 1.29 bits per heavy atom. The summed E-state index contributed by atoms with van der Waals surface area (Å²) in [4.78, 5) is 5.84. The van der Waals surface area contributed by atoms with Crippen molar-refractivity contribution < 1.29 is 0 Å². The molecule has 0 unspecified atom stereocenters. The minimum Gasteiger partial charge on any atom is -0.330 e. The molecule has 2 N–H and O–H groups in total. The number of hydrogen-bond acceptors (Lipinski definition) is 3. The zero-order valence-corrected chi connectivity index (χ0v) is 11.3. The standard InChI is InChI=1S/C13H15ClN2S/c1-9-12(17-13(16-9)6-7-15)8-10-2-4-11(14)5-3-10/h2-5H,6-8,15H2,1H3. The van der Waals surface area contributed by atoms with Crippen LogP contribution >= 0.6 is 22.9 Å². The first-order valence-corrected chi connectivity index (χ1v) is 6.78. The van der Waals surface area contributed by atoms with Crippen LogP contribution in [0.15, 0.2) is 24.3 Å². The third kappa shape index (κ3) is 3.28. The van der Waals surface area contributed by atoms with Crippen molar-refractivity contribution in [2.24, 2.45) is 5.73 Å². The van der Waals surface area contributed by atoms with Crippen LogP contribution < -0.4 is 5.73 Å². The maximum Gasteiger partial charge on any atom is 0.0943 e. The SMILES string of the molecule is Cc1nc(CCN)sc1Cc1ccc(Cl)cc1. The molecule has 0 amide bonds. The van der Waals surface area contributed by atoms with E-state index in [2.05, 4.69) is 24.0 Å². The summed E-state index contributed by atoms with van der Waals surface area (Å²) in [6.07, 6.45) is 1.79. The number of halogens is 1. The predicted molar refractivity (Wildman–Crippen MR) is 73.9 cm³/mol. The Morgan fingerprint density at radius 2 is 2.00 bits per heavy atom. The van der Waals surface area contributed by atoms with Crippen LogP contribution in [0.1, 0.15) is 21.1 Å². The van der Waals surface area contributed by atoms with Gasteiger partial charge in [-0.1, -0.05) is 23.7 Å². The summed E-state index contributed by atoms with van der Waals surface area (Å²) in [5, 5.41) is 1.91. The molecule has 0 atom stereocenters. The highest BCUT2D eigenvalue weighted by Crippen LogP contribution is 2.22. The molecular weight excluding hydrogens is 252 g/mol. The minimum absolute atomic E-state index is 0.660. The van der Waals surface area contributed by atoms with Crippen LogP contribution in [0, 0.1) is 6.92 Å². The van der Waals surface area contributed by atoms with Gasteiger partial charge in [-0.25, -0.2) is 4.98 Å². The Balaban J connectivity index is 2.15. The van der Waals surface area contributed by atoms with Gasteiger partial charge < -0.3 is 5.73 Å². The van der Waals surface area contributed by atoms with Gasteiger partial charge in [0, 0.05) is 22.7 Å². The van der Waals surface area contributed by atoms with Gasteiger partial charge in [-0.15, -0.1) is 11.3 Å². The number of thiazole rings is 1. The molecule has 0 saturated heterocycles. The van der Waals surface area contributed by atoms with Gasteiger partial charge in [0.2, 0.25) is 0 Å². The van der Waals surface area contributed by atoms with Crippen LogP contribution in [0.4, 0.5) is 0 Å². The first kappa shape index (κ1) is 12.6. The smallest absolute Gasteiger partial charge is 0.0943 e. The molecule has 0 bridgehead atoms. The van der Waals surface area contributed by atoms with Crippen molar-refractivity contribution >= 4 is 22.9 Å². The Labute approximate surface area is 110 Å². The van der Waals surface area contributed by atoms with E-state index in [4.69, 9.17) is 17.3 Å². The lowest BCUT2D eigenvalue weighted by molar-refractivity contribution is 0.943. The van der Waals surface area contributed by atoms with Gasteiger partial charge in [-0.3, -0.25) is 0 Å². The van der Waals surface area contributed by atoms with Crippen molar-refractivity contribution in [2.75, 3.05) is 6.54 Å². The van der Waals surface area contributed by atoms with Gasteiger partial charge in [0.15, 0.2) is 0 Å².